The van der Waals surface area contributed by atoms with Gasteiger partial charge in [-0.3, -0.25) is 4.79 Å². The molecule has 5 nitrogen and oxygen atoms in total. The number of carboxylic acid groups (broad SMARTS) is 1. The molecule has 0 atom stereocenters. The van der Waals surface area contributed by atoms with E-state index in [0.29, 0.717) is 25.2 Å². The van der Waals surface area contributed by atoms with Gasteiger partial charge in [0.2, 0.25) is 11.8 Å². The molecular formula is C14H14F2N2O3. The number of hydrogen-bond acceptors (Lipinski definition) is 4. The summed E-state index contributed by atoms with van der Waals surface area (Å²) >= 11 is 0. The Morgan fingerprint density at radius 3 is 2.48 bits per heavy atom. The molecule has 2 aromatic rings. The van der Waals surface area contributed by atoms with Crippen molar-refractivity contribution in [1.82, 2.24) is 10.2 Å². The topological polar surface area (TPSA) is 76.2 Å². The second-order valence-corrected chi connectivity index (χ2v) is 4.57. The van der Waals surface area contributed by atoms with Crippen LogP contribution in [0.2, 0.25) is 0 Å². The highest BCUT2D eigenvalue weighted by atomic mass is 19.1. The number of aromatic nitrogens is 2. The molecule has 0 spiro atoms. The number of hydrogen-bond donors (Lipinski definition) is 1. The van der Waals surface area contributed by atoms with E-state index in [9.17, 15) is 13.6 Å². The fourth-order valence-electron chi connectivity index (χ4n) is 1.87. The summed E-state index contributed by atoms with van der Waals surface area (Å²) in [6, 6.07) is 3.62. The smallest absolute Gasteiger partial charge is 0.303 e. The van der Waals surface area contributed by atoms with E-state index in [1.807, 2.05) is 0 Å². The van der Waals surface area contributed by atoms with Gasteiger partial charge in [-0.1, -0.05) is 6.07 Å². The molecule has 0 saturated carbocycles. The zero-order chi connectivity index (χ0) is 15.2. The van der Waals surface area contributed by atoms with Gasteiger partial charge in [0.25, 0.3) is 0 Å². The van der Waals surface area contributed by atoms with Crippen molar-refractivity contribution in [3.63, 3.8) is 0 Å². The fraction of sp³-hybridized carbons (Fsp3) is 0.357. The summed E-state index contributed by atoms with van der Waals surface area (Å²) < 4.78 is 32.3. The standard InChI is InChI=1S/C14H14F2N2O3/c15-10-4-3-5-11(16)9(10)8-13-18-17-12(21-13)6-1-2-7-14(19)20/h3-5H,1-2,6-8H2,(H,19,20). The van der Waals surface area contributed by atoms with Crippen molar-refractivity contribution >= 4 is 5.97 Å². The third-order valence-electron chi connectivity index (χ3n) is 2.93. The Bertz CT molecular complexity index is 608. The van der Waals surface area contributed by atoms with Crippen LogP contribution in [0.5, 0.6) is 0 Å². The van der Waals surface area contributed by atoms with Gasteiger partial charge in [0.05, 0.1) is 6.42 Å². The van der Waals surface area contributed by atoms with Crippen LogP contribution < -0.4 is 0 Å². The van der Waals surface area contributed by atoms with Crippen molar-refractivity contribution in [3.8, 4) is 0 Å². The molecule has 1 heterocycles. The van der Waals surface area contributed by atoms with Crippen molar-refractivity contribution in [2.75, 3.05) is 0 Å². The summed E-state index contributed by atoms with van der Waals surface area (Å²) in [5.41, 5.74) is -0.112. The van der Waals surface area contributed by atoms with Gasteiger partial charge < -0.3 is 9.52 Å². The minimum absolute atomic E-state index is 0.0848. The van der Waals surface area contributed by atoms with Gasteiger partial charge >= 0.3 is 5.97 Å². The maximum atomic E-state index is 13.5. The van der Waals surface area contributed by atoms with Gasteiger partial charge in [0, 0.05) is 18.4 Å². The molecule has 0 amide bonds. The molecule has 1 aromatic carbocycles. The Hall–Kier alpha value is -2.31. The Balaban J connectivity index is 1.92. The lowest BCUT2D eigenvalue weighted by Crippen LogP contribution is -1.97. The van der Waals surface area contributed by atoms with Gasteiger partial charge in [-0.2, -0.15) is 0 Å². The van der Waals surface area contributed by atoms with E-state index in [4.69, 9.17) is 9.52 Å². The summed E-state index contributed by atoms with van der Waals surface area (Å²) in [4.78, 5) is 10.4. The predicted molar refractivity (Wildman–Crippen MR) is 68.7 cm³/mol. The molecular weight excluding hydrogens is 282 g/mol. The zero-order valence-electron chi connectivity index (χ0n) is 11.2. The zero-order valence-corrected chi connectivity index (χ0v) is 11.2. The van der Waals surface area contributed by atoms with Gasteiger partial charge in [0.1, 0.15) is 11.6 Å². The van der Waals surface area contributed by atoms with Crippen LogP contribution in [-0.4, -0.2) is 21.3 Å². The van der Waals surface area contributed by atoms with E-state index in [2.05, 4.69) is 10.2 Å². The molecule has 0 aliphatic carbocycles. The van der Waals surface area contributed by atoms with Crippen LogP contribution in [0, 0.1) is 11.6 Å². The molecule has 1 N–H and O–H groups in total. The molecule has 0 aliphatic heterocycles. The van der Waals surface area contributed by atoms with Crippen LogP contribution in [0.25, 0.3) is 0 Å². The number of benzene rings is 1. The molecule has 21 heavy (non-hydrogen) atoms. The molecule has 0 unspecified atom stereocenters. The van der Waals surface area contributed by atoms with Gasteiger partial charge in [-0.15, -0.1) is 10.2 Å². The first-order valence-corrected chi connectivity index (χ1v) is 6.52. The van der Waals surface area contributed by atoms with Gasteiger partial charge in [0.15, 0.2) is 0 Å². The Labute approximate surface area is 119 Å². The summed E-state index contributed by atoms with van der Waals surface area (Å²) in [5, 5.41) is 16.0. The number of halogens is 2. The number of rotatable bonds is 7. The highest BCUT2D eigenvalue weighted by Crippen LogP contribution is 2.16. The monoisotopic (exact) mass is 296 g/mol. The van der Waals surface area contributed by atoms with E-state index in [1.165, 1.54) is 18.2 Å². The quantitative estimate of drug-likeness (QED) is 0.795. The third kappa shape index (κ3) is 4.34. The lowest BCUT2D eigenvalue weighted by Gasteiger charge is -2.00. The maximum absolute atomic E-state index is 13.5. The van der Waals surface area contributed by atoms with E-state index in [0.717, 1.165) is 0 Å². The Kier molecular flexibility index (Phi) is 4.97. The number of aryl methyl sites for hydroxylation is 1. The van der Waals surface area contributed by atoms with Crippen LogP contribution in [0.4, 0.5) is 8.78 Å². The first kappa shape index (κ1) is 15.1. The van der Waals surface area contributed by atoms with Crippen molar-refractivity contribution < 1.29 is 23.1 Å². The molecule has 0 aliphatic rings. The minimum Gasteiger partial charge on any atom is -0.481 e. The molecule has 0 bridgehead atoms. The van der Waals surface area contributed by atoms with E-state index < -0.39 is 17.6 Å². The third-order valence-corrected chi connectivity index (χ3v) is 2.93. The summed E-state index contributed by atoms with van der Waals surface area (Å²) in [6.07, 6.45) is 1.53. The SMILES string of the molecule is O=C(O)CCCCc1nnc(Cc2c(F)cccc2F)o1. The average molecular weight is 296 g/mol. The van der Waals surface area contributed by atoms with E-state index in [1.54, 1.807) is 0 Å². The summed E-state index contributed by atoms with van der Waals surface area (Å²) in [7, 11) is 0. The Morgan fingerprint density at radius 1 is 1.14 bits per heavy atom. The predicted octanol–water partition coefficient (Wildman–Crippen LogP) is 2.74. The summed E-state index contributed by atoms with van der Waals surface area (Å²) in [5.74, 6) is -1.69. The van der Waals surface area contributed by atoms with Gasteiger partial charge in [-0.25, -0.2) is 8.78 Å². The van der Waals surface area contributed by atoms with Crippen molar-refractivity contribution in [3.05, 3.63) is 47.2 Å². The molecule has 7 heteroatoms. The number of carbonyl (C=O) groups is 1. The van der Waals surface area contributed by atoms with Crippen molar-refractivity contribution in [2.45, 2.75) is 32.1 Å². The number of unbranched alkanes of at least 4 members (excludes halogenated alkanes) is 1. The second-order valence-electron chi connectivity index (χ2n) is 4.57. The van der Waals surface area contributed by atoms with Gasteiger partial charge in [-0.05, 0) is 25.0 Å². The number of aliphatic carboxylic acids is 1. The average Bonchev–Trinajstić information content (AvgIpc) is 2.87. The first-order chi connectivity index (χ1) is 10.1. The normalized spacial score (nSPS) is 10.8. The van der Waals surface area contributed by atoms with Crippen LogP contribution >= 0.6 is 0 Å². The molecule has 112 valence electrons. The van der Waals surface area contributed by atoms with Crippen LogP contribution in [0.1, 0.15) is 36.6 Å². The van der Waals surface area contributed by atoms with Crippen LogP contribution in [0.15, 0.2) is 22.6 Å². The van der Waals surface area contributed by atoms with Crippen molar-refractivity contribution in [2.24, 2.45) is 0 Å². The lowest BCUT2D eigenvalue weighted by atomic mass is 10.1. The molecule has 0 radical (unpaired) electrons. The Morgan fingerprint density at radius 2 is 1.81 bits per heavy atom. The summed E-state index contributed by atoms with van der Waals surface area (Å²) in [6.45, 7) is 0. The minimum atomic E-state index is -0.851. The lowest BCUT2D eigenvalue weighted by molar-refractivity contribution is -0.137. The second kappa shape index (κ2) is 6.92. The fourth-order valence-corrected chi connectivity index (χ4v) is 1.87. The maximum Gasteiger partial charge on any atom is 0.303 e. The number of carboxylic acids is 1. The van der Waals surface area contributed by atoms with Crippen molar-refractivity contribution in [1.29, 1.82) is 0 Å². The van der Waals surface area contributed by atoms with Crippen LogP contribution in [-0.2, 0) is 17.6 Å². The van der Waals surface area contributed by atoms with Crippen LogP contribution in [0.3, 0.4) is 0 Å². The molecule has 0 saturated heterocycles. The highest BCUT2D eigenvalue weighted by molar-refractivity contribution is 5.66. The molecule has 0 fully saturated rings. The first-order valence-electron chi connectivity index (χ1n) is 6.52. The highest BCUT2D eigenvalue weighted by Gasteiger charge is 2.13. The molecule has 1 aromatic heterocycles. The number of nitrogens with zero attached hydrogens (tertiary/aromatic N) is 2. The van der Waals surface area contributed by atoms with E-state index in [-0.39, 0.29) is 24.3 Å². The van der Waals surface area contributed by atoms with E-state index >= 15 is 0 Å². The molecule has 2 rings (SSSR count). The largest absolute Gasteiger partial charge is 0.481 e.